The van der Waals surface area contributed by atoms with Crippen molar-refractivity contribution in [2.45, 2.75) is 30.3 Å². The summed E-state index contributed by atoms with van der Waals surface area (Å²) in [6.07, 6.45) is 1.34. The molecular formula is C26H29FN2O4S. The van der Waals surface area contributed by atoms with Crippen LogP contribution in [0.4, 0.5) is 10.1 Å². The van der Waals surface area contributed by atoms with E-state index in [1.165, 1.54) is 28.6 Å². The van der Waals surface area contributed by atoms with Gasteiger partial charge in [-0.25, -0.2) is 12.8 Å². The Labute approximate surface area is 200 Å². The summed E-state index contributed by atoms with van der Waals surface area (Å²) in [5.74, 6) is 0.943. The van der Waals surface area contributed by atoms with E-state index in [1.807, 2.05) is 36.4 Å². The summed E-state index contributed by atoms with van der Waals surface area (Å²) in [6.45, 7) is 2.14. The molecule has 0 unspecified atom stereocenters. The molecule has 0 N–H and O–H groups in total. The lowest BCUT2D eigenvalue weighted by atomic mass is 10.0. The molecule has 0 aromatic heterocycles. The highest BCUT2D eigenvalue weighted by Gasteiger charge is 2.34. The molecule has 1 saturated heterocycles. The Balaban J connectivity index is 1.55. The Hall–Kier alpha value is -3.10. The zero-order valence-electron chi connectivity index (χ0n) is 19.4. The first-order chi connectivity index (χ1) is 16.4. The quantitative estimate of drug-likeness (QED) is 0.464. The summed E-state index contributed by atoms with van der Waals surface area (Å²) < 4.78 is 53.2. The lowest BCUT2D eigenvalue weighted by molar-refractivity contribution is 0.203. The third kappa shape index (κ3) is 5.03. The third-order valence-electron chi connectivity index (χ3n) is 6.15. The van der Waals surface area contributed by atoms with E-state index >= 15 is 0 Å². The average molecular weight is 485 g/mol. The summed E-state index contributed by atoms with van der Waals surface area (Å²) in [6, 6.07) is 19.7. The van der Waals surface area contributed by atoms with Gasteiger partial charge in [-0.05, 0) is 55.3 Å². The second-order valence-electron chi connectivity index (χ2n) is 8.25. The predicted octanol–water partition coefficient (Wildman–Crippen LogP) is 4.70. The van der Waals surface area contributed by atoms with Gasteiger partial charge in [-0.15, -0.1) is 0 Å². The number of hydrogen-bond donors (Lipinski definition) is 0. The van der Waals surface area contributed by atoms with Crippen LogP contribution in [-0.4, -0.2) is 46.7 Å². The van der Waals surface area contributed by atoms with E-state index in [4.69, 9.17) is 9.47 Å². The summed E-state index contributed by atoms with van der Waals surface area (Å²) in [7, 11) is -0.606. The van der Waals surface area contributed by atoms with Gasteiger partial charge in [-0.2, -0.15) is 0 Å². The van der Waals surface area contributed by atoms with Gasteiger partial charge in [-0.1, -0.05) is 30.3 Å². The summed E-state index contributed by atoms with van der Waals surface area (Å²) >= 11 is 0. The second-order valence-corrected chi connectivity index (χ2v) is 10.1. The summed E-state index contributed by atoms with van der Waals surface area (Å²) in [5.41, 5.74) is 1.64. The van der Waals surface area contributed by atoms with Crippen molar-refractivity contribution < 1.29 is 22.3 Å². The number of sulfonamides is 1. The maximum atomic E-state index is 13.6. The molecule has 0 atom stereocenters. The molecule has 0 bridgehead atoms. The molecule has 6 nitrogen and oxygen atoms in total. The van der Waals surface area contributed by atoms with Crippen molar-refractivity contribution in [2.75, 3.05) is 31.6 Å². The number of hydrogen-bond acceptors (Lipinski definition) is 5. The highest BCUT2D eigenvalue weighted by molar-refractivity contribution is 7.92. The monoisotopic (exact) mass is 484 g/mol. The van der Waals surface area contributed by atoms with Crippen LogP contribution < -0.4 is 13.8 Å². The van der Waals surface area contributed by atoms with E-state index in [9.17, 15) is 12.8 Å². The molecule has 0 radical (unpaired) electrons. The van der Waals surface area contributed by atoms with E-state index in [-0.39, 0.29) is 10.9 Å². The van der Waals surface area contributed by atoms with Crippen molar-refractivity contribution in [1.29, 1.82) is 0 Å². The Bertz CT molecular complexity index is 1200. The standard InChI is InChI=1S/C26H29FN2O4S/c1-32-25-10-6-7-20(26(25)33-2)19-28-17-15-23(16-18-28)29(22-8-4-3-5-9-22)34(30,31)24-13-11-21(27)12-14-24/h3-14,23H,15-19H2,1-2H3. The van der Waals surface area contributed by atoms with Crippen LogP contribution >= 0.6 is 0 Å². The molecule has 4 rings (SSSR count). The number of nitrogens with zero attached hydrogens (tertiary/aromatic N) is 2. The Morgan fingerprint density at radius 3 is 2.21 bits per heavy atom. The minimum Gasteiger partial charge on any atom is -0.493 e. The minimum atomic E-state index is -3.85. The van der Waals surface area contributed by atoms with Gasteiger partial charge in [0.15, 0.2) is 11.5 Å². The zero-order valence-corrected chi connectivity index (χ0v) is 20.2. The van der Waals surface area contributed by atoms with E-state index in [1.54, 1.807) is 26.4 Å². The number of benzene rings is 3. The number of ether oxygens (including phenoxy) is 2. The molecule has 0 aliphatic carbocycles. The number of piperidine rings is 1. The van der Waals surface area contributed by atoms with Crippen LogP contribution in [0.2, 0.25) is 0 Å². The van der Waals surface area contributed by atoms with Gasteiger partial charge >= 0.3 is 0 Å². The van der Waals surface area contributed by atoms with E-state index < -0.39 is 15.8 Å². The summed E-state index contributed by atoms with van der Waals surface area (Å²) in [4.78, 5) is 2.38. The number of halogens is 1. The molecule has 1 aliphatic heterocycles. The molecule has 1 heterocycles. The molecule has 0 amide bonds. The highest BCUT2D eigenvalue weighted by Crippen LogP contribution is 2.34. The lowest BCUT2D eigenvalue weighted by Crippen LogP contribution is -2.47. The van der Waals surface area contributed by atoms with Crippen LogP contribution in [0, 0.1) is 5.82 Å². The van der Waals surface area contributed by atoms with Crippen molar-refractivity contribution in [3.05, 3.63) is 84.2 Å². The fraction of sp³-hybridized carbons (Fsp3) is 0.308. The maximum absolute atomic E-state index is 13.6. The molecule has 1 fully saturated rings. The number of methoxy groups -OCH3 is 2. The molecule has 0 saturated carbocycles. The Morgan fingerprint density at radius 1 is 0.912 bits per heavy atom. The van der Waals surface area contributed by atoms with Crippen LogP contribution in [0.1, 0.15) is 18.4 Å². The largest absolute Gasteiger partial charge is 0.493 e. The average Bonchev–Trinajstić information content (AvgIpc) is 2.86. The lowest BCUT2D eigenvalue weighted by Gasteiger charge is -2.39. The van der Waals surface area contributed by atoms with Crippen LogP contribution in [0.25, 0.3) is 0 Å². The zero-order chi connectivity index (χ0) is 24.1. The molecular weight excluding hydrogens is 455 g/mol. The first kappa shape index (κ1) is 24.0. The first-order valence-electron chi connectivity index (χ1n) is 11.2. The van der Waals surface area contributed by atoms with Crippen molar-refractivity contribution in [3.63, 3.8) is 0 Å². The van der Waals surface area contributed by atoms with Crippen LogP contribution in [0.5, 0.6) is 11.5 Å². The number of anilines is 1. The first-order valence-corrected chi connectivity index (χ1v) is 12.7. The van der Waals surface area contributed by atoms with Gasteiger partial charge in [0.2, 0.25) is 0 Å². The highest BCUT2D eigenvalue weighted by atomic mass is 32.2. The third-order valence-corrected chi connectivity index (χ3v) is 8.04. The van der Waals surface area contributed by atoms with Crippen molar-refractivity contribution in [1.82, 2.24) is 4.90 Å². The molecule has 3 aromatic rings. The number of para-hydroxylation sites is 2. The normalized spacial score (nSPS) is 15.1. The van der Waals surface area contributed by atoms with Crippen molar-refractivity contribution in [2.24, 2.45) is 0 Å². The fourth-order valence-corrected chi connectivity index (χ4v) is 6.18. The smallest absolute Gasteiger partial charge is 0.264 e. The molecule has 180 valence electrons. The van der Waals surface area contributed by atoms with Crippen molar-refractivity contribution in [3.8, 4) is 11.5 Å². The number of likely N-dealkylation sites (tertiary alicyclic amines) is 1. The van der Waals surface area contributed by atoms with Crippen LogP contribution in [0.15, 0.2) is 77.7 Å². The van der Waals surface area contributed by atoms with E-state index in [0.717, 1.165) is 24.4 Å². The second kappa shape index (κ2) is 10.4. The van der Waals surface area contributed by atoms with Gasteiger partial charge < -0.3 is 9.47 Å². The van der Waals surface area contributed by atoms with Crippen LogP contribution in [-0.2, 0) is 16.6 Å². The van der Waals surface area contributed by atoms with E-state index in [2.05, 4.69) is 4.90 Å². The molecule has 0 spiro atoms. The molecule has 8 heteroatoms. The van der Waals surface area contributed by atoms with Crippen LogP contribution in [0.3, 0.4) is 0 Å². The minimum absolute atomic E-state index is 0.0845. The van der Waals surface area contributed by atoms with Gasteiger partial charge in [0.05, 0.1) is 24.8 Å². The molecule has 1 aliphatic rings. The molecule has 34 heavy (non-hydrogen) atoms. The van der Waals surface area contributed by atoms with Gasteiger partial charge in [-0.3, -0.25) is 9.21 Å². The summed E-state index contributed by atoms with van der Waals surface area (Å²) in [5, 5.41) is 0. The fourth-order valence-electron chi connectivity index (χ4n) is 4.47. The maximum Gasteiger partial charge on any atom is 0.264 e. The van der Waals surface area contributed by atoms with E-state index in [0.29, 0.717) is 30.8 Å². The predicted molar refractivity (Wildman–Crippen MR) is 130 cm³/mol. The number of rotatable bonds is 8. The van der Waals surface area contributed by atoms with Gasteiger partial charge in [0.25, 0.3) is 10.0 Å². The Kier molecular flexibility index (Phi) is 7.38. The topological polar surface area (TPSA) is 59.1 Å². The van der Waals surface area contributed by atoms with Gasteiger partial charge in [0.1, 0.15) is 5.82 Å². The SMILES string of the molecule is COc1cccc(CN2CCC(N(c3ccccc3)S(=O)(=O)c3ccc(F)cc3)CC2)c1OC. The molecule has 3 aromatic carbocycles. The Morgan fingerprint density at radius 2 is 1.59 bits per heavy atom. The van der Waals surface area contributed by atoms with Crippen molar-refractivity contribution >= 4 is 15.7 Å². The van der Waals surface area contributed by atoms with Gasteiger partial charge in [0, 0.05) is 31.2 Å².